The smallest absolute Gasteiger partial charge is 0.224 e. The van der Waals surface area contributed by atoms with Crippen LogP contribution in [0.2, 0.25) is 0 Å². The summed E-state index contributed by atoms with van der Waals surface area (Å²) >= 11 is 0. The quantitative estimate of drug-likeness (QED) is 0.777. The fourth-order valence-corrected chi connectivity index (χ4v) is 2.56. The molecule has 1 atom stereocenters. The zero-order chi connectivity index (χ0) is 16.4. The fourth-order valence-electron chi connectivity index (χ4n) is 2.56. The van der Waals surface area contributed by atoms with Gasteiger partial charge in [0.05, 0.1) is 30.3 Å². The lowest BCUT2D eigenvalue weighted by Gasteiger charge is -2.15. The van der Waals surface area contributed by atoms with E-state index < -0.39 is 0 Å². The highest BCUT2D eigenvalue weighted by atomic mass is 16.5. The van der Waals surface area contributed by atoms with E-state index in [1.165, 1.54) is 6.39 Å². The summed E-state index contributed by atoms with van der Waals surface area (Å²) in [6.45, 7) is 4.25. The minimum absolute atomic E-state index is 0.206. The molecule has 2 heterocycles. The Kier molecular flexibility index (Phi) is 4.25. The minimum Gasteiger partial charge on any atom is -0.480 e. The van der Waals surface area contributed by atoms with Crippen LogP contribution in [0.4, 0.5) is 0 Å². The average Bonchev–Trinajstić information content (AvgIpc) is 3.07. The molecule has 2 aromatic heterocycles. The fraction of sp³-hybridized carbons (Fsp3) is 0.353. The number of aromatic nitrogens is 3. The van der Waals surface area contributed by atoms with Crippen LogP contribution < -0.4 is 10.5 Å². The first-order chi connectivity index (χ1) is 11.1. The molecule has 0 aliphatic heterocycles. The van der Waals surface area contributed by atoms with E-state index in [9.17, 15) is 0 Å². The van der Waals surface area contributed by atoms with E-state index in [-0.39, 0.29) is 6.04 Å². The summed E-state index contributed by atoms with van der Waals surface area (Å²) in [5.74, 6) is 2.29. The average molecular weight is 312 g/mol. The number of fused-ring (bicyclic) bond motifs is 1. The van der Waals surface area contributed by atoms with E-state index in [1.54, 1.807) is 13.3 Å². The molecule has 0 aliphatic carbocycles. The van der Waals surface area contributed by atoms with Gasteiger partial charge in [0.25, 0.3) is 0 Å². The van der Waals surface area contributed by atoms with Gasteiger partial charge in [-0.3, -0.25) is 0 Å². The molecule has 0 saturated carbocycles. The van der Waals surface area contributed by atoms with E-state index in [4.69, 9.17) is 14.9 Å². The molecule has 0 fully saturated rings. The van der Waals surface area contributed by atoms with Gasteiger partial charge in [0, 0.05) is 5.56 Å². The van der Waals surface area contributed by atoms with E-state index in [2.05, 4.69) is 28.8 Å². The molecular formula is C17H20N4O2. The molecule has 0 spiro atoms. The largest absolute Gasteiger partial charge is 0.480 e. The predicted molar refractivity (Wildman–Crippen MR) is 88.0 cm³/mol. The lowest BCUT2D eigenvalue weighted by atomic mass is 10.0. The number of benzene rings is 1. The Morgan fingerprint density at radius 3 is 2.74 bits per heavy atom. The maximum Gasteiger partial charge on any atom is 0.224 e. The Balaban J connectivity index is 2.07. The summed E-state index contributed by atoms with van der Waals surface area (Å²) in [6, 6.07) is 5.59. The van der Waals surface area contributed by atoms with Crippen LogP contribution in [0.1, 0.15) is 32.1 Å². The molecule has 120 valence electrons. The lowest BCUT2D eigenvalue weighted by Crippen LogP contribution is -2.16. The molecule has 0 bridgehead atoms. The van der Waals surface area contributed by atoms with E-state index >= 15 is 0 Å². The van der Waals surface area contributed by atoms with Gasteiger partial charge in [-0.1, -0.05) is 13.8 Å². The standard InChI is InChI=1S/C17H20N4O2/c1-10(2)6-13(18)16-20-14-5-4-11(15-8-19-9-23-15)7-12(14)17(21-16)22-3/h4-5,7-10,13H,6,18H2,1-3H3. The summed E-state index contributed by atoms with van der Waals surface area (Å²) in [5, 5.41) is 0.821. The number of oxazole rings is 1. The zero-order valence-corrected chi connectivity index (χ0v) is 13.5. The molecule has 6 heteroatoms. The van der Waals surface area contributed by atoms with Gasteiger partial charge >= 0.3 is 0 Å². The van der Waals surface area contributed by atoms with Crippen molar-refractivity contribution in [2.75, 3.05) is 7.11 Å². The third-order valence-corrected chi connectivity index (χ3v) is 3.65. The SMILES string of the molecule is COc1nc(C(N)CC(C)C)nc2ccc(-c3cnco3)cc12. The summed E-state index contributed by atoms with van der Waals surface area (Å²) in [7, 11) is 1.60. The van der Waals surface area contributed by atoms with Crippen LogP contribution in [0.5, 0.6) is 5.88 Å². The summed E-state index contributed by atoms with van der Waals surface area (Å²) in [4.78, 5) is 13.0. The van der Waals surface area contributed by atoms with Gasteiger partial charge in [-0.05, 0) is 30.5 Å². The summed E-state index contributed by atoms with van der Waals surface area (Å²) in [5.41, 5.74) is 7.91. The maximum atomic E-state index is 6.21. The molecule has 0 amide bonds. The van der Waals surface area contributed by atoms with Gasteiger partial charge < -0.3 is 14.9 Å². The number of nitrogens with zero attached hydrogens (tertiary/aromatic N) is 3. The molecule has 6 nitrogen and oxygen atoms in total. The maximum absolute atomic E-state index is 6.21. The highest BCUT2D eigenvalue weighted by Gasteiger charge is 2.16. The number of nitrogens with two attached hydrogens (primary N) is 1. The van der Waals surface area contributed by atoms with Gasteiger partial charge in [0.2, 0.25) is 5.88 Å². The third kappa shape index (κ3) is 3.17. The molecule has 2 N–H and O–H groups in total. The normalized spacial score (nSPS) is 12.7. The van der Waals surface area contributed by atoms with E-state index in [1.807, 2.05) is 18.2 Å². The summed E-state index contributed by atoms with van der Waals surface area (Å²) < 4.78 is 10.8. The first kappa shape index (κ1) is 15.4. The van der Waals surface area contributed by atoms with Crippen LogP contribution in [-0.2, 0) is 0 Å². The van der Waals surface area contributed by atoms with Crippen molar-refractivity contribution in [3.8, 4) is 17.2 Å². The molecule has 3 rings (SSSR count). The van der Waals surface area contributed by atoms with Gasteiger partial charge in [0.15, 0.2) is 12.2 Å². The van der Waals surface area contributed by atoms with Crippen LogP contribution in [0.3, 0.4) is 0 Å². The van der Waals surface area contributed by atoms with Crippen molar-refractivity contribution in [2.24, 2.45) is 11.7 Å². The van der Waals surface area contributed by atoms with Gasteiger partial charge in [-0.25, -0.2) is 9.97 Å². The number of hydrogen-bond acceptors (Lipinski definition) is 6. The first-order valence-electron chi connectivity index (χ1n) is 7.58. The molecule has 0 aliphatic rings. The lowest BCUT2D eigenvalue weighted by molar-refractivity contribution is 0.396. The third-order valence-electron chi connectivity index (χ3n) is 3.65. The molecular weight excluding hydrogens is 292 g/mol. The zero-order valence-electron chi connectivity index (χ0n) is 13.5. The molecule has 0 saturated heterocycles. The van der Waals surface area contributed by atoms with Gasteiger partial charge in [-0.15, -0.1) is 0 Å². The van der Waals surface area contributed by atoms with Crippen LogP contribution >= 0.6 is 0 Å². The molecule has 23 heavy (non-hydrogen) atoms. The first-order valence-corrected chi connectivity index (χ1v) is 7.58. The highest BCUT2D eigenvalue weighted by Crippen LogP contribution is 2.29. The Morgan fingerprint density at radius 1 is 1.26 bits per heavy atom. The van der Waals surface area contributed by atoms with E-state index in [0.29, 0.717) is 23.4 Å². The van der Waals surface area contributed by atoms with E-state index in [0.717, 1.165) is 22.9 Å². The highest BCUT2D eigenvalue weighted by molar-refractivity contribution is 5.87. The molecule has 0 radical (unpaired) electrons. The van der Waals surface area contributed by atoms with Crippen molar-refractivity contribution in [3.05, 3.63) is 36.6 Å². The van der Waals surface area contributed by atoms with Crippen LogP contribution in [0.15, 0.2) is 35.2 Å². The number of methoxy groups -OCH3 is 1. The summed E-state index contributed by atoms with van der Waals surface area (Å²) in [6.07, 6.45) is 3.90. The van der Waals surface area contributed by atoms with Crippen molar-refractivity contribution < 1.29 is 9.15 Å². The second-order valence-electron chi connectivity index (χ2n) is 5.92. The monoisotopic (exact) mass is 312 g/mol. The Morgan fingerprint density at radius 2 is 2.09 bits per heavy atom. The van der Waals surface area contributed by atoms with Crippen molar-refractivity contribution in [2.45, 2.75) is 26.3 Å². The van der Waals surface area contributed by atoms with Crippen molar-refractivity contribution >= 4 is 10.9 Å². The van der Waals surface area contributed by atoms with Crippen LogP contribution in [-0.4, -0.2) is 22.1 Å². The molecule has 3 aromatic rings. The number of ether oxygens (including phenoxy) is 1. The molecule has 1 aromatic carbocycles. The second-order valence-corrected chi connectivity index (χ2v) is 5.92. The van der Waals surface area contributed by atoms with Gasteiger partial charge in [0.1, 0.15) is 5.82 Å². The van der Waals surface area contributed by atoms with Crippen LogP contribution in [0.25, 0.3) is 22.2 Å². The second kappa shape index (κ2) is 6.34. The van der Waals surface area contributed by atoms with Crippen molar-refractivity contribution in [1.29, 1.82) is 0 Å². The van der Waals surface area contributed by atoms with Crippen molar-refractivity contribution in [1.82, 2.24) is 15.0 Å². The Hall–Kier alpha value is -2.47. The Bertz CT molecular complexity index is 800. The van der Waals surface area contributed by atoms with Crippen LogP contribution in [0, 0.1) is 5.92 Å². The van der Waals surface area contributed by atoms with Gasteiger partial charge in [-0.2, -0.15) is 4.98 Å². The topological polar surface area (TPSA) is 87.1 Å². The minimum atomic E-state index is -0.206. The number of rotatable bonds is 5. The molecule has 1 unspecified atom stereocenters. The number of hydrogen-bond donors (Lipinski definition) is 1. The van der Waals surface area contributed by atoms with Crippen molar-refractivity contribution in [3.63, 3.8) is 0 Å². The predicted octanol–water partition coefficient (Wildman–Crippen LogP) is 3.34. The Labute approximate surface area is 134 Å².